The van der Waals surface area contributed by atoms with E-state index in [9.17, 15) is 18.1 Å². The molecule has 2 N–H and O–H groups in total. The van der Waals surface area contributed by atoms with Crippen LogP contribution in [0.25, 0.3) is 10.8 Å². The Kier molecular flexibility index (Phi) is 4.39. The number of phenols is 1. The first-order valence-electron chi connectivity index (χ1n) is 7.17. The summed E-state index contributed by atoms with van der Waals surface area (Å²) in [5, 5.41) is 18.9. The summed E-state index contributed by atoms with van der Waals surface area (Å²) >= 11 is 0. The molecule has 0 radical (unpaired) electrons. The molecular weight excluding hydrogens is 344 g/mol. The van der Waals surface area contributed by atoms with E-state index < -0.39 is 10.1 Å². The lowest BCUT2D eigenvalue weighted by Gasteiger charge is -2.06. The Hall–Kier alpha value is -2.97. The molecular formula is C17H14N2O5S. The molecule has 0 aliphatic rings. The Morgan fingerprint density at radius 2 is 1.64 bits per heavy atom. The van der Waals surface area contributed by atoms with Gasteiger partial charge in [0, 0.05) is 10.8 Å². The molecule has 0 fully saturated rings. The Morgan fingerprint density at radius 1 is 0.920 bits per heavy atom. The molecule has 0 spiro atoms. The van der Waals surface area contributed by atoms with Gasteiger partial charge in [0.25, 0.3) is 10.1 Å². The van der Waals surface area contributed by atoms with E-state index in [0.29, 0.717) is 27.9 Å². The van der Waals surface area contributed by atoms with Crippen molar-refractivity contribution in [3.8, 4) is 11.5 Å². The number of fused-ring (bicyclic) bond motifs is 1. The minimum atomic E-state index is -4.37. The van der Waals surface area contributed by atoms with E-state index in [1.54, 1.807) is 31.4 Å². The first-order chi connectivity index (χ1) is 11.9. The zero-order valence-corrected chi connectivity index (χ0v) is 13.9. The van der Waals surface area contributed by atoms with E-state index in [4.69, 9.17) is 4.74 Å². The number of aromatic hydroxyl groups is 1. The Morgan fingerprint density at radius 3 is 2.28 bits per heavy atom. The zero-order valence-electron chi connectivity index (χ0n) is 13.1. The van der Waals surface area contributed by atoms with Crippen LogP contribution < -0.4 is 4.74 Å². The minimum absolute atomic E-state index is 0.0275. The van der Waals surface area contributed by atoms with Crippen LogP contribution in [0.3, 0.4) is 0 Å². The van der Waals surface area contributed by atoms with Gasteiger partial charge in [-0.25, -0.2) is 0 Å². The molecule has 128 valence electrons. The average Bonchev–Trinajstić information content (AvgIpc) is 2.60. The number of methoxy groups -OCH3 is 1. The van der Waals surface area contributed by atoms with E-state index in [0.717, 1.165) is 0 Å². The predicted molar refractivity (Wildman–Crippen MR) is 92.6 cm³/mol. The summed E-state index contributed by atoms with van der Waals surface area (Å²) in [6.07, 6.45) is 0. The number of azo groups is 1. The second-order valence-corrected chi connectivity index (χ2v) is 6.61. The second kappa shape index (κ2) is 6.50. The van der Waals surface area contributed by atoms with Crippen molar-refractivity contribution < 1.29 is 22.8 Å². The van der Waals surface area contributed by atoms with Gasteiger partial charge < -0.3 is 9.84 Å². The monoisotopic (exact) mass is 358 g/mol. The van der Waals surface area contributed by atoms with Crippen LogP contribution in [0.1, 0.15) is 0 Å². The Balaban J connectivity index is 2.08. The van der Waals surface area contributed by atoms with Gasteiger partial charge >= 0.3 is 0 Å². The number of ether oxygens (including phenoxy) is 1. The fourth-order valence-corrected chi connectivity index (χ4v) is 2.81. The number of hydrogen-bond acceptors (Lipinski definition) is 6. The maximum absolute atomic E-state index is 11.3. The molecule has 0 saturated heterocycles. The largest absolute Gasteiger partial charge is 0.507 e. The summed E-state index contributed by atoms with van der Waals surface area (Å²) in [4.78, 5) is -0.286. The third-order valence-electron chi connectivity index (χ3n) is 3.59. The maximum atomic E-state index is 11.3. The highest BCUT2D eigenvalue weighted by Crippen LogP contribution is 2.35. The summed E-state index contributed by atoms with van der Waals surface area (Å²) in [6, 6.07) is 13.7. The van der Waals surface area contributed by atoms with Crippen LogP contribution in [0, 0.1) is 0 Å². The highest BCUT2D eigenvalue weighted by Gasteiger charge is 2.13. The first kappa shape index (κ1) is 16.9. The fraction of sp³-hybridized carbons (Fsp3) is 0.0588. The van der Waals surface area contributed by atoms with Crippen LogP contribution in [0.5, 0.6) is 11.5 Å². The summed E-state index contributed by atoms with van der Waals surface area (Å²) < 4.78 is 37.0. The fourth-order valence-electron chi connectivity index (χ4n) is 2.30. The van der Waals surface area contributed by atoms with Gasteiger partial charge in [0.2, 0.25) is 0 Å². The van der Waals surface area contributed by atoms with Gasteiger partial charge in [-0.15, -0.1) is 5.11 Å². The lowest BCUT2D eigenvalue weighted by atomic mass is 10.1. The molecule has 0 heterocycles. The Labute approximate surface area is 144 Å². The molecule has 3 aromatic rings. The Bertz CT molecular complexity index is 1060. The SMILES string of the molecule is COc1ccc(N=Nc2ccc(O)c3ccc(S(=O)(=O)O)cc23)cc1. The maximum Gasteiger partial charge on any atom is 0.294 e. The summed E-state index contributed by atoms with van der Waals surface area (Å²) in [7, 11) is -2.81. The summed E-state index contributed by atoms with van der Waals surface area (Å²) in [5.41, 5.74) is 0.932. The highest BCUT2D eigenvalue weighted by molar-refractivity contribution is 7.85. The summed E-state index contributed by atoms with van der Waals surface area (Å²) in [6.45, 7) is 0. The smallest absolute Gasteiger partial charge is 0.294 e. The van der Waals surface area contributed by atoms with Crippen LogP contribution in [0.15, 0.2) is 69.7 Å². The number of phenolic OH excluding ortho intramolecular Hbond substituents is 1. The van der Waals surface area contributed by atoms with E-state index >= 15 is 0 Å². The van der Waals surface area contributed by atoms with Gasteiger partial charge in [0.1, 0.15) is 11.5 Å². The molecule has 0 unspecified atom stereocenters. The van der Waals surface area contributed by atoms with Gasteiger partial charge in [0.05, 0.1) is 23.4 Å². The molecule has 0 bridgehead atoms. The highest BCUT2D eigenvalue weighted by atomic mass is 32.2. The molecule has 0 amide bonds. The average molecular weight is 358 g/mol. The number of nitrogens with zero attached hydrogens (tertiary/aromatic N) is 2. The standard InChI is InChI=1S/C17H14N2O5S/c1-24-12-4-2-11(3-5-12)18-19-16-8-9-17(20)14-7-6-13(10-15(14)16)25(21,22)23/h2-10,20H,1H3,(H,21,22,23). The zero-order chi connectivity index (χ0) is 18.0. The molecule has 0 atom stereocenters. The van der Waals surface area contributed by atoms with Crippen molar-refractivity contribution in [2.75, 3.05) is 7.11 Å². The van der Waals surface area contributed by atoms with Crippen LogP contribution in [0.4, 0.5) is 11.4 Å². The molecule has 0 aromatic heterocycles. The van der Waals surface area contributed by atoms with Crippen LogP contribution in [-0.2, 0) is 10.1 Å². The number of rotatable bonds is 4. The van der Waals surface area contributed by atoms with Gasteiger partial charge in [0.15, 0.2) is 0 Å². The molecule has 25 heavy (non-hydrogen) atoms. The van der Waals surface area contributed by atoms with Crippen molar-refractivity contribution in [3.05, 3.63) is 54.6 Å². The van der Waals surface area contributed by atoms with E-state index in [2.05, 4.69) is 10.2 Å². The molecule has 0 aliphatic carbocycles. The molecule has 3 rings (SSSR count). The van der Waals surface area contributed by atoms with Crippen molar-refractivity contribution in [2.45, 2.75) is 4.90 Å². The van der Waals surface area contributed by atoms with Crippen molar-refractivity contribution >= 4 is 32.3 Å². The number of benzene rings is 3. The lowest BCUT2D eigenvalue weighted by molar-refractivity contribution is 0.415. The summed E-state index contributed by atoms with van der Waals surface area (Å²) in [5.74, 6) is 0.659. The molecule has 0 aliphatic heterocycles. The van der Waals surface area contributed by atoms with E-state index in [1.165, 1.54) is 30.3 Å². The van der Waals surface area contributed by atoms with Crippen molar-refractivity contribution in [1.82, 2.24) is 0 Å². The molecule has 7 nitrogen and oxygen atoms in total. The third-order valence-corrected chi connectivity index (χ3v) is 4.44. The normalized spacial score (nSPS) is 11.9. The van der Waals surface area contributed by atoms with Crippen LogP contribution in [-0.4, -0.2) is 25.2 Å². The van der Waals surface area contributed by atoms with Gasteiger partial charge in [-0.1, -0.05) is 0 Å². The molecule has 3 aromatic carbocycles. The van der Waals surface area contributed by atoms with Gasteiger partial charge in [-0.2, -0.15) is 13.5 Å². The van der Waals surface area contributed by atoms with Crippen LogP contribution >= 0.6 is 0 Å². The van der Waals surface area contributed by atoms with Crippen molar-refractivity contribution in [2.24, 2.45) is 10.2 Å². The third kappa shape index (κ3) is 3.59. The second-order valence-electron chi connectivity index (χ2n) is 5.18. The van der Waals surface area contributed by atoms with Crippen LogP contribution in [0.2, 0.25) is 0 Å². The quantitative estimate of drug-likeness (QED) is 0.536. The predicted octanol–water partition coefficient (Wildman–Crippen LogP) is 4.22. The van der Waals surface area contributed by atoms with E-state index in [-0.39, 0.29) is 10.6 Å². The van der Waals surface area contributed by atoms with Gasteiger partial charge in [-0.05, 0) is 54.6 Å². The first-order valence-corrected chi connectivity index (χ1v) is 8.61. The molecule has 8 heteroatoms. The van der Waals surface area contributed by atoms with Crippen molar-refractivity contribution in [3.63, 3.8) is 0 Å². The lowest BCUT2D eigenvalue weighted by Crippen LogP contribution is -1.97. The minimum Gasteiger partial charge on any atom is -0.507 e. The number of hydrogen-bond donors (Lipinski definition) is 2. The van der Waals surface area contributed by atoms with E-state index in [1.807, 2.05) is 0 Å². The topological polar surface area (TPSA) is 109 Å². The van der Waals surface area contributed by atoms with Crippen molar-refractivity contribution in [1.29, 1.82) is 0 Å². The molecule has 0 saturated carbocycles. The van der Waals surface area contributed by atoms with Gasteiger partial charge in [-0.3, -0.25) is 4.55 Å².